The van der Waals surface area contributed by atoms with E-state index in [-0.39, 0.29) is 23.7 Å². The number of furan rings is 1. The number of piperazine rings is 1. The van der Waals surface area contributed by atoms with Crippen LogP contribution < -0.4 is 15.1 Å². The third kappa shape index (κ3) is 3.75. The van der Waals surface area contributed by atoms with Gasteiger partial charge in [0.2, 0.25) is 5.91 Å². The average molecular weight is 358 g/mol. The zero-order chi connectivity index (χ0) is 17.9. The molecule has 1 aromatic carbocycles. The van der Waals surface area contributed by atoms with Gasteiger partial charge in [-0.1, -0.05) is 12.1 Å². The van der Waals surface area contributed by atoms with E-state index < -0.39 is 0 Å². The monoisotopic (exact) mass is 358 g/mol. The smallest absolute Gasteiger partial charge is 0.223 e. The molecule has 6 heteroatoms. The molecule has 1 amide bonds. The van der Waals surface area contributed by atoms with Crippen LogP contribution in [0.4, 0.5) is 10.1 Å². The van der Waals surface area contributed by atoms with Gasteiger partial charge in [-0.15, -0.1) is 0 Å². The second kappa shape index (κ2) is 7.50. The molecule has 0 spiro atoms. The van der Waals surface area contributed by atoms with Gasteiger partial charge in [0.15, 0.2) is 11.8 Å². The molecule has 1 saturated heterocycles. The highest BCUT2D eigenvalue weighted by atomic mass is 19.1. The summed E-state index contributed by atoms with van der Waals surface area (Å²) in [6, 6.07) is 10.9. The summed E-state index contributed by atoms with van der Waals surface area (Å²) in [7, 11) is 0. The summed E-state index contributed by atoms with van der Waals surface area (Å²) in [6.45, 7) is 3.89. The molecule has 0 bridgehead atoms. The van der Waals surface area contributed by atoms with Crippen molar-refractivity contribution in [2.24, 2.45) is 5.92 Å². The van der Waals surface area contributed by atoms with Crippen LogP contribution in [-0.2, 0) is 4.79 Å². The van der Waals surface area contributed by atoms with Crippen molar-refractivity contribution in [1.29, 1.82) is 0 Å². The molecule has 0 radical (unpaired) electrons. The molecule has 2 fully saturated rings. The molecule has 1 atom stereocenters. The van der Waals surface area contributed by atoms with Crippen molar-refractivity contribution in [1.82, 2.24) is 5.32 Å². The van der Waals surface area contributed by atoms with Gasteiger partial charge in [0.25, 0.3) is 0 Å². The lowest BCUT2D eigenvalue weighted by atomic mass is 10.1. The van der Waals surface area contributed by atoms with Gasteiger partial charge >= 0.3 is 0 Å². The van der Waals surface area contributed by atoms with Crippen molar-refractivity contribution in [3.63, 3.8) is 0 Å². The fourth-order valence-electron chi connectivity index (χ4n) is 3.72. The molecule has 2 aliphatic rings. The highest BCUT2D eigenvalue weighted by Crippen LogP contribution is 2.28. The van der Waals surface area contributed by atoms with Gasteiger partial charge < -0.3 is 19.5 Å². The predicted octanol–water partition coefficient (Wildman–Crippen LogP) is 1.39. The van der Waals surface area contributed by atoms with E-state index in [0.29, 0.717) is 12.2 Å². The van der Waals surface area contributed by atoms with Gasteiger partial charge in [-0.25, -0.2) is 4.39 Å². The Morgan fingerprint density at radius 3 is 2.65 bits per heavy atom. The first kappa shape index (κ1) is 17.1. The Kier molecular flexibility index (Phi) is 4.93. The van der Waals surface area contributed by atoms with Gasteiger partial charge in [0.1, 0.15) is 5.82 Å². The van der Waals surface area contributed by atoms with Crippen molar-refractivity contribution < 1.29 is 18.5 Å². The Balaban J connectivity index is 1.40. The number of nitrogens with zero attached hydrogens (tertiary/aromatic N) is 1. The van der Waals surface area contributed by atoms with Crippen LogP contribution in [0.2, 0.25) is 0 Å². The molecule has 1 aliphatic heterocycles. The lowest BCUT2D eigenvalue weighted by Crippen LogP contribution is -3.15. The molecule has 138 valence electrons. The van der Waals surface area contributed by atoms with E-state index in [0.717, 1.165) is 44.8 Å². The Hall–Kier alpha value is -2.34. The number of benzene rings is 1. The van der Waals surface area contributed by atoms with Gasteiger partial charge in [-0.2, -0.15) is 0 Å². The first-order valence-electron chi connectivity index (χ1n) is 9.37. The molecule has 0 unspecified atom stereocenters. The number of halogens is 1. The predicted molar refractivity (Wildman–Crippen MR) is 96.5 cm³/mol. The van der Waals surface area contributed by atoms with Gasteiger partial charge in [-0.3, -0.25) is 4.79 Å². The van der Waals surface area contributed by atoms with Crippen LogP contribution in [0.1, 0.15) is 24.6 Å². The van der Waals surface area contributed by atoms with Crippen LogP contribution in [0.5, 0.6) is 0 Å². The maximum Gasteiger partial charge on any atom is 0.223 e. The Bertz CT molecular complexity index is 737. The molecule has 26 heavy (non-hydrogen) atoms. The van der Waals surface area contributed by atoms with Gasteiger partial charge in [0, 0.05) is 5.92 Å². The Labute approximate surface area is 152 Å². The lowest BCUT2D eigenvalue weighted by Gasteiger charge is -2.37. The number of nitrogens with one attached hydrogen (secondary N) is 2. The van der Waals surface area contributed by atoms with E-state index in [1.165, 1.54) is 11.0 Å². The molecule has 1 saturated carbocycles. The second-order valence-electron chi connectivity index (χ2n) is 7.18. The van der Waals surface area contributed by atoms with Crippen LogP contribution in [0.3, 0.4) is 0 Å². The summed E-state index contributed by atoms with van der Waals surface area (Å²) < 4.78 is 19.7. The van der Waals surface area contributed by atoms with Crippen LogP contribution in [0.25, 0.3) is 0 Å². The number of anilines is 1. The maximum atomic E-state index is 14.0. The second-order valence-corrected chi connectivity index (χ2v) is 7.18. The minimum atomic E-state index is -0.171. The number of hydrogen-bond donors (Lipinski definition) is 2. The van der Waals surface area contributed by atoms with E-state index in [1.807, 2.05) is 24.3 Å². The number of carbonyl (C=O) groups excluding carboxylic acids is 1. The molecule has 2 heterocycles. The van der Waals surface area contributed by atoms with E-state index in [2.05, 4.69) is 10.2 Å². The summed E-state index contributed by atoms with van der Waals surface area (Å²) in [5.41, 5.74) is 0.670. The van der Waals surface area contributed by atoms with Crippen molar-refractivity contribution in [2.45, 2.75) is 18.9 Å². The van der Waals surface area contributed by atoms with E-state index >= 15 is 0 Å². The van der Waals surface area contributed by atoms with E-state index in [9.17, 15) is 9.18 Å². The summed E-state index contributed by atoms with van der Waals surface area (Å²) in [4.78, 5) is 15.5. The van der Waals surface area contributed by atoms with Crippen molar-refractivity contribution in [3.8, 4) is 0 Å². The molecule has 1 aliphatic carbocycles. The topological polar surface area (TPSA) is 49.9 Å². The lowest BCUT2D eigenvalue weighted by molar-refractivity contribution is -0.932. The fraction of sp³-hybridized carbons (Fsp3) is 0.450. The van der Waals surface area contributed by atoms with Gasteiger partial charge in [-0.05, 0) is 37.1 Å². The third-order valence-electron chi connectivity index (χ3n) is 5.41. The van der Waals surface area contributed by atoms with Crippen LogP contribution in [0.15, 0.2) is 47.1 Å². The minimum Gasteiger partial charge on any atom is -0.463 e. The molecular formula is C20H25FN3O2+. The molecule has 5 nitrogen and oxygen atoms in total. The molecule has 2 aromatic rings. The molecule has 1 aromatic heterocycles. The first-order chi connectivity index (χ1) is 12.7. The highest BCUT2D eigenvalue weighted by molar-refractivity contribution is 5.80. The molecule has 2 N–H and O–H groups in total. The highest BCUT2D eigenvalue weighted by Gasteiger charge is 2.34. The standard InChI is InChI=1S/C20H24FN3O2/c21-16-4-1-2-5-17(16)23-9-11-24(12-10-23)18(19-6-3-13-26-19)14-22-20(25)15-7-8-15/h1-6,13,15,18H,7-12,14H2,(H,22,25)/p+1/t18-/m1/s1. The Morgan fingerprint density at radius 1 is 1.23 bits per heavy atom. The summed E-state index contributed by atoms with van der Waals surface area (Å²) in [5.74, 6) is 1.09. The van der Waals surface area contributed by atoms with E-state index in [1.54, 1.807) is 12.3 Å². The number of amides is 1. The average Bonchev–Trinajstić information content (AvgIpc) is 3.39. The largest absolute Gasteiger partial charge is 0.463 e. The zero-order valence-electron chi connectivity index (χ0n) is 14.8. The fourth-order valence-corrected chi connectivity index (χ4v) is 3.72. The molecular weight excluding hydrogens is 333 g/mol. The zero-order valence-corrected chi connectivity index (χ0v) is 14.8. The van der Waals surface area contributed by atoms with Crippen LogP contribution in [-0.4, -0.2) is 38.6 Å². The number of para-hydroxylation sites is 1. The number of carbonyl (C=O) groups is 1. The van der Waals surface area contributed by atoms with Gasteiger partial charge in [0.05, 0.1) is 44.7 Å². The summed E-state index contributed by atoms with van der Waals surface area (Å²) in [5, 5.41) is 3.09. The van der Waals surface area contributed by atoms with Crippen molar-refractivity contribution in [2.75, 3.05) is 37.6 Å². The summed E-state index contributed by atoms with van der Waals surface area (Å²) >= 11 is 0. The number of quaternary nitrogens is 1. The van der Waals surface area contributed by atoms with E-state index in [4.69, 9.17) is 4.42 Å². The quantitative estimate of drug-likeness (QED) is 0.821. The minimum absolute atomic E-state index is 0.0930. The van der Waals surface area contributed by atoms with Crippen LogP contribution in [0, 0.1) is 11.7 Å². The first-order valence-corrected chi connectivity index (χ1v) is 9.37. The SMILES string of the molecule is O=C(NC[C@H](c1ccco1)[NH+]1CCN(c2ccccc2F)CC1)C1CC1. The summed E-state index contributed by atoms with van der Waals surface area (Å²) in [6.07, 6.45) is 3.69. The number of hydrogen-bond acceptors (Lipinski definition) is 3. The Morgan fingerprint density at radius 2 is 2.00 bits per heavy atom. The molecule has 4 rings (SSSR count). The number of rotatable bonds is 6. The maximum absolute atomic E-state index is 14.0. The van der Waals surface area contributed by atoms with Crippen LogP contribution >= 0.6 is 0 Å². The van der Waals surface area contributed by atoms with Crippen molar-refractivity contribution >= 4 is 11.6 Å². The van der Waals surface area contributed by atoms with Crippen molar-refractivity contribution in [3.05, 3.63) is 54.2 Å². The third-order valence-corrected chi connectivity index (χ3v) is 5.41. The normalized spacial score (nSPS) is 19.3.